The average Bonchev–Trinajstić information content (AvgIpc) is 3.45. The van der Waals surface area contributed by atoms with Crippen molar-refractivity contribution in [2.45, 2.75) is 49.2 Å². The number of benzene rings is 2. The van der Waals surface area contributed by atoms with Gasteiger partial charge in [-0.15, -0.1) is 0 Å². The number of hydrogen-bond acceptors (Lipinski definition) is 6. The normalized spacial score (nSPS) is 16.9. The molecule has 1 N–H and O–H groups in total. The molecule has 3 aromatic rings. The predicted octanol–water partition coefficient (Wildman–Crippen LogP) is 5.42. The highest BCUT2D eigenvalue weighted by Crippen LogP contribution is 2.26. The molecule has 8 heteroatoms. The van der Waals surface area contributed by atoms with Crippen molar-refractivity contribution in [3.63, 3.8) is 0 Å². The van der Waals surface area contributed by atoms with Crippen LogP contribution in [0.3, 0.4) is 0 Å². The van der Waals surface area contributed by atoms with Crippen LogP contribution >= 0.6 is 23.4 Å². The largest absolute Gasteiger partial charge is 0.356 e. The SMILES string of the molecule is O=C(NC1CCN(Cc2ccccc2)CC1)c1ccc(CSc2nc(Cl)cc(N3CCCC3)n2)cc1. The number of amides is 1. The van der Waals surface area contributed by atoms with Gasteiger partial charge in [0.05, 0.1) is 0 Å². The number of piperidine rings is 1. The highest BCUT2D eigenvalue weighted by atomic mass is 35.5. The molecule has 5 rings (SSSR count). The summed E-state index contributed by atoms with van der Waals surface area (Å²) in [5, 5.41) is 4.39. The summed E-state index contributed by atoms with van der Waals surface area (Å²) in [6.45, 7) is 5.02. The first-order valence-corrected chi connectivity index (χ1v) is 14.1. The smallest absolute Gasteiger partial charge is 0.251 e. The van der Waals surface area contributed by atoms with Crippen LogP contribution in [0.25, 0.3) is 0 Å². The van der Waals surface area contributed by atoms with E-state index in [0.717, 1.165) is 62.7 Å². The van der Waals surface area contributed by atoms with Gasteiger partial charge in [0.1, 0.15) is 11.0 Å². The average molecular weight is 522 g/mol. The van der Waals surface area contributed by atoms with Gasteiger partial charge in [-0.25, -0.2) is 9.97 Å². The van der Waals surface area contributed by atoms with Gasteiger partial charge in [-0.1, -0.05) is 65.8 Å². The third-order valence-electron chi connectivity index (χ3n) is 6.85. The fourth-order valence-electron chi connectivity index (χ4n) is 4.80. The molecule has 6 nitrogen and oxygen atoms in total. The first kappa shape index (κ1) is 25.1. The van der Waals surface area contributed by atoms with Crippen molar-refractivity contribution in [1.29, 1.82) is 0 Å². The molecule has 0 aliphatic carbocycles. The standard InChI is InChI=1S/C28H32ClN5OS/c29-25-18-26(34-14-4-5-15-34)32-28(31-25)36-20-22-8-10-23(11-9-22)27(35)30-24-12-16-33(17-13-24)19-21-6-2-1-3-7-21/h1-3,6-11,18,24H,4-5,12-17,19-20H2,(H,30,35). The van der Waals surface area contributed by atoms with Crippen LogP contribution in [0.2, 0.25) is 5.15 Å². The number of nitrogens with one attached hydrogen (secondary N) is 1. The van der Waals surface area contributed by atoms with Crippen LogP contribution in [0, 0.1) is 0 Å². The Balaban J connectivity index is 1.09. The first-order valence-electron chi connectivity index (χ1n) is 12.7. The summed E-state index contributed by atoms with van der Waals surface area (Å²) >= 11 is 7.82. The summed E-state index contributed by atoms with van der Waals surface area (Å²) in [7, 11) is 0. The van der Waals surface area contributed by atoms with Crippen LogP contribution in [0.4, 0.5) is 5.82 Å². The summed E-state index contributed by atoms with van der Waals surface area (Å²) in [4.78, 5) is 26.6. The second-order valence-electron chi connectivity index (χ2n) is 9.52. The number of rotatable bonds is 8. The Hall–Kier alpha value is -2.61. The Kier molecular flexibility index (Phi) is 8.41. The van der Waals surface area contributed by atoms with Crippen LogP contribution < -0.4 is 10.2 Å². The van der Waals surface area contributed by atoms with E-state index in [1.54, 1.807) is 11.8 Å². The zero-order valence-electron chi connectivity index (χ0n) is 20.4. The van der Waals surface area contributed by atoms with Crippen LogP contribution in [-0.2, 0) is 12.3 Å². The van der Waals surface area contributed by atoms with Gasteiger partial charge in [-0.2, -0.15) is 0 Å². The van der Waals surface area contributed by atoms with Gasteiger partial charge in [0.25, 0.3) is 5.91 Å². The zero-order valence-corrected chi connectivity index (χ0v) is 22.0. The van der Waals surface area contributed by atoms with Gasteiger partial charge < -0.3 is 10.2 Å². The van der Waals surface area contributed by atoms with Gasteiger partial charge in [-0.3, -0.25) is 9.69 Å². The molecule has 2 aliphatic heterocycles. The maximum Gasteiger partial charge on any atom is 0.251 e. The minimum absolute atomic E-state index is 0.00384. The molecular formula is C28H32ClN5OS. The number of carbonyl (C=O) groups excluding carboxylic acids is 1. The van der Waals surface area contributed by atoms with Crippen molar-refractivity contribution in [2.24, 2.45) is 0 Å². The van der Waals surface area contributed by atoms with Gasteiger partial charge >= 0.3 is 0 Å². The van der Waals surface area contributed by atoms with E-state index in [4.69, 9.17) is 16.6 Å². The maximum atomic E-state index is 12.8. The Bertz CT molecular complexity index is 1150. The van der Waals surface area contributed by atoms with Crippen molar-refractivity contribution in [3.05, 3.63) is 82.5 Å². The summed E-state index contributed by atoms with van der Waals surface area (Å²) in [6.07, 6.45) is 4.34. The van der Waals surface area contributed by atoms with E-state index >= 15 is 0 Å². The van der Waals surface area contributed by atoms with Gasteiger partial charge in [0.2, 0.25) is 0 Å². The summed E-state index contributed by atoms with van der Waals surface area (Å²) in [5.74, 6) is 1.64. The topological polar surface area (TPSA) is 61.4 Å². The molecule has 2 saturated heterocycles. The third kappa shape index (κ3) is 6.78. The lowest BCUT2D eigenvalue weighted by atomic mass is 10.0. The van der Waals surface area contributed by atoms with Crippen molar-refractivity contribution in [3.8, 4) is 0 Å². The first-order chi connectivity index (χ1) is 17.6. The minimum atomic E-state index is 0.00384. The lowest BCUT2D eigenvalue weighted by Crippen LogP contribution is -2.44. The van der Waals surface area contributed by atoms with Crippen molar-refractivity contribution in [2.75, 3.05) is 31.1 Å². The van der Waals surface area contributed by atoms with Gasteiger partial charge in [0.15, 0.2) is 5.16 Å². The number of aromatic nitrogens is 2. The molecule has 188 valence electrons. The molecule has 2 fully saturated rings. The van der Waals surface area contributed by atoms with E-state index in [1.165, 1.54) is 18.4 Å². The molecule has 0 spiro atoms. The second-order valence-corrected chi connectivity index (χ2v) is 10.9. The molecule has 2 aromatic carbocycles. The summed E-state index contributed by atoms with van der Waals surface area (Å²) in [6, 6.07) is 20.5. The van der Waals surface area contributed by atoms with Crippen LogP contribution in [0.1, 0.15) is 47.2 Å². The number of carbonyl (C=O) groups is 1. The van der Waals surface area contributed by atoms with E-state index < -0.39 is 0 Å². The fraction of sp³-hybridized carbons (Fsp3) is 0.393. The summed E-state index contributed by atoms with van der Waals surface area (Å²) in [5.41, 5.74) is 3.16. The van der Waals surface area contributed by atoms with E-state index in [2.05, 4.69) is 50.4 Å². The highest BCUT2D eigenvalue weighted by Gasteiger charge is 2.21. The molecule has 0 atom stereocenters. The number of likely N-dealkylation sites (tertiary alicyclic amines) is 1. The number of hydrogen-bond donors (Lipinski definition) is 1. The zero-order chi connectivity index (χ0) is 24.7. The quantitative estimate of drug-likeness (QED) is 0.243. The van der Waals surface area contributed by atoms with E-state index in [-0.39, 0.29) is 11.9 Å². The molecular weight excluding hydrogens is 490 g/mol. The minimum Gasteiger partial charge on any atom is -0.356 e. The van der Waals surface area contributed by atoms with E-state index in [9.17, 15) is 4.79 Å². The molecule has 36 heavy (non-hydrogen) atoms. The predicted molar refractivity (Wildman–Crippen MR) is 147 cm³/mol. The Morgan fingerprint density at radius 1 is 0.944 bits per heavy atom. The third-order valence-corrected chi connectivity index (χ3v) is 7.96. The number of nitrogens with zero attached hydrogens (tertiary/aromatic N) is 4. The molecule has 0 unspecified atom stereocenters. The van der Waals surface area contributed by atoms with Crippen LogP contribution in [0.5, 0.6) is 0 Å². The van der Waals surface area contributed by atoms with Crippen molar-refractivity contribution >= 4 is 35.1 Å². The molecule has 0 saturated carbocycles. The van der Waals surface area contributed by atoms with Gasteiger partial charge in [0, 0.05) is 56.1 Å². The lowest BCUT2D eigenvalue weighted by Gasteiger charge is -2.32. The van der Waals surface area contributed by atoms with Crippen LogP contribution in [-0.4, -0.2) is 53.0 Å². The molecule has 1 aromatic heterocycles. The number of anilines is 1. The van der Waals surface area contributed by atoms with Crippen LogP contribution in [0.15, 0.2) is 65.8 Å². The lowest BCUT2D eigenvalue weighted by molar-refractivity contribution is 0.0909. The molecule has 0 bridgehead atoms. The Labute approximate surface area is 222 Å². The molecule has 2 aliphatic rings. The van der Waals surface area contributed by atoms with Crippen molar-refractivity contribution in [1.82, 2.24) is 20.2 Å². The number of halogens is 1. The fourth-order valence-corrected chi connectivity index (χ4v) is 5.84. The van der Waals surface area contributed by atoms with Crippen molar-refractivity contribution < 1.29 is 4.79 Å². The second kappa shape index (κ2) is 12.1. The van der Waals surface area contributed by atoms with Gasteiger partial charge in [-0.05, 0) is 48.9 Å². The monoisotopic (exact) mass is 521 g/mol. The van der Waals surface area contributed by atoms with E-state index in [1.807, 2.05) is 30.3 Å². The highest BCUT2D eigenvalue weighted by molar-refractivity contribution is 7.98. The van der Waals surface area contributed by atoms with E-state index in [0.29, 0.717) is 15.9 Å². The number of thioether (sulfide) groups is 1. The molecule has 3 heterocycles. The molecule has 1 amide bonds. The molecule has 0 radical (unpaired) electrons. The summed E-state index contributed by atoms with van der Waals surface area (Å²) < 4.78 is 0. The Morgan fingerprint density at radius 3 is 2.39 bits per heavy atom. The maximum absolute atomic E-state index is 12.8. The Morgan fingerprint density at radius 2 is 1.67 bits per heavy atom.